The number of hydrogen-bond acceptors (Lipinski definition) is 0. The van der Waals surface area contributed by atoms with Gasteiger partial charge in [-0.05, 0) is 25.7 Å². The molecular formula is C16H32N+. The molecule has 1 spiro atoms. The maximum absolute atomic E-state index is 2.54. The maximum atomic E-state index is 2.54. The van der Waals surface area contributed by atoms with Gasteiger partial charge in [0.15, 0.2) is 0 Å². The molecule has 0 aromatic carbocycles. The first-order chi connectivity index (χ1) is 7.92. The SMILES string of the molecule is CC1C(C)C(C)C(C)[N+]2(CCCC2)C(C)C1C. The zero-order valence-electron chi connectivity index (χ0n) is 12.7. The second-order valence-corrected chi connectivity index (χ2v) is 7.17. The van der Waals surface area contributed by atoms with Crippen LogP contribution >= 0.6 is 0 Å². The number of quaternary nitrogens is 1. The number of nitrogens with zero attached hydrogens (tertiary/aromatic N) is 1. The first-order valence-corrected chi connectivity index (χ1v) is 7.78. The minimum Gasteiger partial charge on any atom is -0.319 e. The Bertz CT molecular complexity index is 245. The zero-order valence-corrected chi connectivity index (χ0v) is 12.7. The lowest BCUT2D eigenvalue weighted by Crippen LogP contribution is -2.60. The van der Waals surface area contributed by atoms with Crippen LogP contribution in [0.1, 0.15) is 54.4 Å². The Hall–Kier alpha value is -0.0400. The Balaban J connectivity index is 2.38. The molecule has 100 valence electrons. The summed E-state index contributed by atoms with van der Waals surface area (Å²) in [5, 5.41) is 0. The van der Waals surface area contributed by atoms with E-state index in [1.165, 1.54) is 30.4 Å². The van der Waals surface area contributed by atoms with E-state index in [2.05, 4.69) is 41.5 Å². The van der Waals surface area contributed by atoms with Crippen LogP contribution in [0.2, 0.25) is 0 Å². The quantitative estimate of drug-likeness (QED) is 0.561. The Labute approximate surface area is 108 Å². The summed E-state index contributed by atoms with van der Waals surface area (Å²) in [6, 6.07) is 1.71. The van der Waals surface area contributed by atoms with Crippen LogP contribution in [0.3, 0.4) is 0 Å². The van der Waals surface area contributed by atoms with Crippen molar-refractivity contribution in [2.24, 2.45) is 23.7 Å². The lowest BCUT2D eigenvalue weighted by Gasteiger charge is -2.47. The smallest absolute Gasteiger partial charge is 0.0892 e. The van der Waals surface area contributed by atoms with Crippen molar-refractivity contribution in [2.45, 2.75) is 66.5 Å². The molecule has 2 aliphatic rings. The largest absolute Gasteiger partial charge is 0.319 e. The average Bonchev–Trinajstić information content (AvgIpc) is 2.81. The van der Waals surface area contributed by atoms with Crippen molar-refractivity contribution in [3.63, 3.8) is 0 Å². The molecule has 0 aromatic rings. The molecule has 2 heterocycles. The summed E-state index contributed by atoms with van der Waals surface area (Å²) >= 11 is 0. The minimum absolute atomic E-state index is 0.856. The Morgan fingerprint density at radius 1 is 0.588 bits per heavy atom. The van der Waals surface area contributed by atoms with Crippen LogP contribution < -0.4 is 0 Å². The van der Waals surface area contributed by atoms with Crippen molar-refractivity contribution in [2.75, 3.05) is 13.1 Å². The predicted octanol–water partition coefficient (Wildman–Crippen LogP) is 3.93. The van der Waals surface area contributed by atoms with Crippen LogP contribution in [0, 0.1) is 23.7 Å². The van der Waals surface area contributed by atoms with Gasteiger partial charge in [0.05, 0.1) is 25.2 Å². The van der Waals surface area contributed by atoms with Gasteiger partial charge in [-0.1, -0.05) is 27.7 Å². The van der Waals surface area contributed by atoms with Gasteiger partial charge < -0.3 is 4.48 Å². The molecule has 0 amide bonds. The molecule has 0 aliphatic carbocycles. The first kappa shape index (κ1) is 13.4. The van der Waals surface area contributed by atoms with Crippen LogP contribution in [0.4, 0.5) is 0 Å². The van der Waals surface area contributed by atoms with Gasteiger partial charge in [0.2, 0.25) is 0 Å². The van der Waals surface area contributed by atoms with E-state index in [1.807, 2.05) is 0 Å². The summed E-state index contributed by atoms with van der Waals surface area (Å²) in [5.41, 5.74) is 0. The van der Waals surface area contributed by atoms with E-state index in [0.717, 1.165) is 35.8 Å². The summed E-state index contributed by atoms with van der Waals surface area (Å²) in [4.78, 5) is 0. The van der Waals surface area contributed by atoms with Gasteiger partial charge in [0.1, 0.15) is 0 Å². The van der Waals surface area contributed by atoms with E-state index >= 15 is 0 Å². The van der Waals surface area contributed by atoms with Crippen molar-refractivity contribution >= 4 is 0 Å². The van der Waals surface area contributed by atoms with Crippen LogP contribution in [0.25, 0.3) is 0 Å². The summed E-state index contributed by atoms with van der Waals surface area (Å²) in [7, 11) is 0. The fourth-order valence-corrected chi connectivity index (χ4v) is 4.88. The first-order valence-electron chi connectivity index (χ1n) is 7.78. The highest BCUT2D eigenvalue weighted by atomic mass is 15.4. The summed E-state index contributed by atoms with van der Waals surface area (Å²) in [5.74, 6) is 3.49. The maximum Gasteiger partial charge on any atom is 0.0892 e. The third kappa shape index (κ3) is 1.85. The van der Waals surface area contributed by atoms with Crippen LogP contribution in [-0.4, -0.2) is 29.7 Å². The summed E-state index contributed by atoms with van der Waals surface area (Å²) < 4.78 is 1.43. The second kappa shape index (κ2) is 4.57. The third-order valence-corrected chi connectivity index (χ3v) is 7.03. The molecule has 6 unspecified atom stereocenters. The summed E-state index contributed by atoms with van der Waals surface area (Å²) in [6.45, 7) is 18.0. The van der Waals surface area contributed by atoms with Gasteiger partial charge in [-0.15, -0.1) is 0 Å². The predicted molar refractivity (Wildman–Crippen MR) is 74.8 cm³/mol. The van der Waals surface area contributed by atoms with E-state index in [0.29, 0.717) is 0 Å². The monoisotopic (exact) mass is 238 g/mol. The topological polar surface area (TPSA) is 0 Å². The van der Waals surface area contributed by atoms with Crippen molar-refractivity contribution in [1.29, 1.82) is 0 Å². The molecule has 2 fully saturated rings. The van der Waals surface area contributed by atoms with E-state index in [-0.39, 0.29) is 0 Å². The molecule has 1 heteroatoms. The fraction of sp³-hybridized carbons (Fsp3) is 1.00. The van der Waals surface area contributed by atoms with Gasteiger partial charge in [-0.2, -0.15) is 0 Å². The van der Waals surface area contributed by atoms with Crippen molar-refractivity contribution in [1.82, 2.24) is 0 Å². The fourth-order valence-electron chi connectivity index (χ4n) is 4.88. The van der Waals surface area contributed by atoms with Gasteiger partial charge >= 0.3 is 0 Å². The van der Waals surface area contributed by atoms with Crippen LogP contribution in [0.15, 0.2) is 0 Å². The normalized spacial score (nSPS) is 50.5. The molecule has 0 bridgehead atoms. The third-order valence-electron chi connectivity index (χ3n) is 7.03. The Morgan fingerprint density at radius 2 is 0.941 bits per heavy atom. The van der Waals surface area contributed by atoms with Crippen molar-refractivity contribution < 1.29 is 4.48 Å². The Kier molecular flexibility index (Phi) is 3.60. The molecule has 0 radical (unpaired) electrons. The molecule has 2 saturated heterocycles. The molecule has 17 heavy (non-hydrogen) atoms. The van der Waals surface area contributed by atoms with E-state index in [4.69, 9.17) is 0 Å². The lowest BCUT2D eigenvalue weighted by atomic mass is 9.77. The number of hydrogen-bond donors (Lipinski definition) is 0. The van der Waals surface area contributed by atoms with Crippen molar-refractivity contribution in [3.05, 3.63) is 0 Å². The van der Waals surface area contributed by atoms with Gasteiger partial charge in [-0.3, -0.25) is 0 Å². The molecule has 2 rings (SSSR count). The summed E-state index contributed by atoms with van der Waals surface area (Å²) in [6.07, 6.45) is 2.91. The van der Waals surface area contributed by atoms with Gasteiger partial charge in [0.25, 0.3) is 0 Å². The molecule has 0 N–H and O–H groups in total. The number of rotatable bonds is 0. The highest BCUT2D eigenvalue weighted by molar-refractivity contribution is 4.85. The van der Waals surface area contributed by atoms with E-state index in [9.17, 15) is 0 Å². The van der Waals surface area contributed by atoms with Crippen molar-refractivity contribution in [3.8, 4) is 0 Å². The molecule has 6 atom stereocenters. The highest BCUT2D eigenvalue weighted by Crippen LogP contribution is 2.44. The standard InChI is InChI=1S/C16H32N/c1-11-12(2)14(4)16(6)17(9-7-8-10-17)15(5)13(11)3/h11-16H,7-10H2,1-6H3/q+1. The van der Waals surface area contributed by atoms with Gasteiger partial charge in [-0.25, -0.2) is 0 Å². The highest BCUT2D eigenvalue weighted by Gasteiger charge is 2.51. The molecule has 2 aliphatic heterocycles. The zero-order chi connectivity index (χ0) is 12.8. The Morgan fingerprint density at radius 3 is 1.29 bits per heavy atom. The molecular weight excluding hydrogens is 206 g/mol. The second-order valence-electron chi connectivity index (χ2n) is 7.17. The molecule has 0 saturated carbocycles. The van der Waals surface area contributed by atoms with Gasteiger partial charge in [0, 0.05) is 24.7 Å². The lowest BCUT2D eigenvalue weighted by molar-refractivity contribution is -0.965. The van der Waals surface area contributed by atoms with E-state index in [1.54, 1.807) is 0 Å². The minimum atomic E-state index is 0.856. The van der Waals surface area contributed by atoms with Crippen LogP contribution in [-0.2, 0) is 0 Å². The molecule has 0 aromatic heterocycles. The van der Waals surface area contributed by atoms with Crippen LogP contribution in [0.5, 0.6) is 0 Å². The molecule has 1 nitrogen and oxygen atoms in total. The van der Waals surface area contributed by atoms with E-state index < -0.39 is 0 Å². The average molecular weight is 238 g/mol.